The van der Waals surface area contributed by atoms with Crippen LogP contribution in [0.1, 0.15) is 35.4 Å². The molecule has 3 nitrogen and oxygen atoms in total. The van der Waals surface area contributed by atoms with Crippen LogP contribution in [0.5, 0.6) is 0 Å². The first-order chi connectivity index (χ1) is 14.3. The van der Waals surface area contributed by atoms with E-state index in [9.17, 15) is 4.79 Å². The van der Waals surface area contributed by atoms with Gasteiger partial charge < -0.3 is 10.3 Å². The van der Waals surface area contributed by atoms with Crippen molar-refractivity contribution in [2.75, 3.05) is 0 Å². The number of fused-ring (bicyclic) bond motifs is 1. The average molecular weight is 383 g/mol. The van der Waals surface area contributed by atoms with E-state index in [1.165, 1.54) is 16.5 Å². The van der Waals surface area contributed by atoms with Crippen LogP contribution in [0.15, 0.2) is 91.1 Å². The zero-order valence-corrected chi connectivity index (χ0v) is 16.5. The van der Waals surface area contributed by atoms with Gasteiger partial charge in [-0.1, -0.05) is 78.9 Å². The van der Waals surface area contributed by atoms with Gasteiger partial charge >= 0.3 is 0 Å². The lowest BCUT2D eigenvalue weighted by Crippen LogP contribution is -2.24. The van der Waals surface area contributed by atoms with Crippen LogP contribution in [-0.2, 0) is 17.8 Å². The summed E-state index contributed by atoms with van der Waals surface area (Å²) in [5, 5.41) is 4.30. The fourth-order valence-electron chi connectivity index (χ4n) is 3.88. The molecule has 3 heteroatoms. The molecule has 0 saturated heterocycles. The van der Waals surface area contributed by atoms with Crippen molar-refractivity contribution in [1.82, 2.24) is 10.3 Å². The number of hydrogen-bond acceptors (Lipinski definition) is 1. The Balaban J connectivity index is 1.49. The Morgan fingerprint density at radius 1 is 0.828 bits per heavy atom. The molecular formula is C26H26N2O. The summed E-state index contributed by atoms with van der Waals surface area (Å²) in [4.78, 5) is 16.1. The smallest absolute Gasteiger partial charge is 0.220 e. The van der Waals surface area contributed by atoms with Crippen molar-refractivity contribution in [2.24, 2.45) is 0 Å². The highest BCUT2D eigenvalue weighted by atomic mass is 16.1. The van der Waals surface area contributed by atoms with Crippen molar-refractivity contribution in [3.8, 4) is 0 Å². The molecule has 0 radical (unpaired) electrons. The summed E-state index contributed by atoms with van der Waals surface area (Å²) in [5.41, 5.74) is 4.78. The lowest BCUT2D eigenvalue weighted by molar-refractivity contribution is -0.121. The molecule has 1 amide bonds. The molecule has 2 N–H and O–H groups in total. The lowest BCUT2D eigenvalue weighted by Gasteiger charge is -2.17. The monoisotopic (exact) mass is 382 g/mol. The van der Waals surface area contributed by atoms with Crippen LogP contribution >= 0.6 is 0 Å². The number of H-pyrrole nitrogens is 1. The molecular weight excluding hydrogens is 356 g/mol. The number of hydrogen-bond donors (Lipinski definition) is 2. The minimum atomic E-state index is 0.0946. The second kappa shape index (κ2) is 9.24. The SMILES string of the molecule is O=C(C[C@@H](CCc1ccccc1)c1c[nH]c2ccccc12)NCc1ccccc1. The van der Waals surface area contributed by atoms with Gasteiger partial charge in [0.1, 0.15) is 0 Å². The highest BCUT2D eigenvalue weighted by Gasteiger charge is 2.19. The molecule has 146 valence electrons. The third kappa shape index (κ3) is 4.94. The highest BCUT2D eigenvalue weighted by molar-refractivity contribution is 5.85. The molecule has 29 heavy (non-hydrogen) atoms. The van der Waals surface area contributed by atoms with Crippen LogP contribution < -0.4 is 5.32 Å². The third-order valence-corrected chi connectivity index (χ3v) is 5.45. The van der Waals surface area contributed by atoms with E-state index in [1.54, 1.807) is 0 Å². The Hall–Kier alpha value is -3.33. The topological polar surface area (TPSA) is 44.9 Å². The first-order valence-corrected chi connectivity index (χ1v) is 10.2. The van der Waals surface area contributed by atoms with Crippen molar-refractivity contribution in [3.05, 3.63) is 108 Å². The van der Waals surface area contributed by atoms with Crippen molar-refractivity contribution in [2.45, 2.75) is 31.7 Å². The predicted octanol–water partition coefficient (Wildman–Crippen LogP) is 5.59. The van der Waals surface area contributed by atoms with Gasteiger partial charge in [0.25, 0.3) is 0 Å². The second-order valence-corrected chi connectivity index (χ2v) is 7.48. The van der Waals surface area contributed by atoms with E-state index < -0.39 is 0 Å². The van der Waals surface area contributed by atoms with Gasteiger partial charge in [0.2, 0.25) is 5.91 Å². The van der Waals surface area contributed by atoms with E-state index in [4.69, 9.17) is 0 Å². The van der Waals surface area contributed by atoms with Crippen molar-refractivity contribution < 1.29 is 4.79 Å². The Kier molecular flexibility index (Phi) is 6.06. The molecule has 4 rings (SSSR count). The second-order valence-electron chi connectivity index (χ2n) is 7.48. The fourth-order valence-corrected chi connectivity index (χ4v) is 3.88. The van der Waals surface area contributed by atoms with Gasteiger partial charge in [-0.15, -0.1) is 0 Å². The molecule has 0 spiro atoms. The molecule has 0 saturated carbocycles. The first-order valence-electron chi connectivity index (χ1n) is 10.2. The molecule has 0 bridgehead atoms. The lowest BCUT2D eigenvalue weighted by atomic mass is 9.89. The Morgan fingerprint density at radius 2 is 1.48 bits per heavy atom. The summed E-state index contributed by atoms with van der Waals surface area (Å²) >= 11 is 0. The number of aromatic nitrogens is 1. The molecule has 0 fully saturated rings. The molecule has 0 aliphatic rings. The summed E-state index contributed by atoms with van der Waals surface area (Å²) < 4.78 is 0. The standard InChI is InChI=1S/C26H26N2O/c29-26(28-18-21-11-5-2-6-12-21)17-22(16-15-20-9-3-1-4-10-20)24-19-27-25-14-8-7-13-23(24)25/h1-14,19,22,27H,15-18H2,(H,28,29)/t22-/m1/s1. The largest absolute Gasteiger partial charge is 0.361 e. The van der Waals surface area contributed by atoms with Crippen molar-refractivity contribution >= 4 is 16.8 Å². The molecule has 1 aromatic heterocycles. The van der Waals surface area contributed by atoms with Crippen LogP contribution in [0.25, 0.3) is 10.9 Å². The van der Waals surface area contributed by atoms with Gasteiger partial charge in [0.05, 0.1) is 0 Å². The van der Waals surface area contributed by atoms with E-state index in [1.807, 2.05) is 42.5 Å². The average Bonchev–Trinajstić information content (AvgIpc) is 3.21. The maximum absolute atomic E-state index is 12.7. The number of para-hydroxylation sites is 1. The minimum Gasteiger partial charge on any atom is -0.361 e. The zero-order valence-electron chi connectivity index (χ0n) is 16.5. The van der Waals surface area contributed by atoms with E-state index >= 15 is 0 Å². The van der Waals surface area contributed by atoms with Gasteiger partial charge in [-0.2, -0.15) is 0 Å². The zero-order chi connectivity index (χ0) is 19.9. The summed E-state index contributed by atoms with van der Waals surface area (Å²) in [6.07, 6.45) is 4.45. The van der Waals surface area contributed by atoms with Gasteiger partial charge in [-0.05, 0) is 41.5 Å². The molecule has 0 aliphatic heterocycles. The predicted molar refractivity (Wildman–Crippen MR) is 119 cm³/mol. The van der Waals surface area contributed by atoms with Crippen LogP contribution in [0.3, 0.4) is 0 Å². The van der Waals surface area contributed by atoms with E-state index in [0.717, 1.165) is 23.9 Å². The van der Waals surface area contributed by atoms with E-state index in [2.05, 4.69) is 59.0 Å². The third-order valence-electron chi connectivity index (χ3n) is 5.45. The maximum atomic E-state index is 12.7. The molecule has 1 heterocycles. The summed E-state index contributed by atoms with van der Waals surface area (Å²) in [6.45, 7) is 0.568. The van der Waals surface area contributed by atoms with Crippen LogP contribution in [0, 0.1) is 0 Å². The number of aryl methyl sites for hydroxylation is 1. The number of carbonyl (C=O) groups excluding carboxylic acids is 1. The summed E-state index contributed by atoms with van der Waals surface area (Å²) in [5.74, 6) is 0.263. The van der Waals surface area contributed by atoms with E-state index in [0.29, 0.717) is 13.0 Å². The Morgan fingerprint density at radius 3 is 2.24 bits per heavy atom. The first kappa shape index (κ1) is 19.0. The number of aromatic amines is 1. The van der Waals surface area contributed by atoms with Crippen LogP contribution in [0.2, 0.25) is 0 Å². The molecule has 1 atom stereocenters. The van der Waals surface area contributed by atoms with Crippen molar-refractivity contribution in [3.63, 3.8) is 0 Å². The number of carbonyl (C=O) groups is 1. The number of rotatable bonds is 8. The van der Waals surface area contributed by atoms with E-state index in [-0.39, 0.29) is 11.8 Å². The normalized spacial score (nSPS) is 12.0. The molecule has 0 aliphatic carbocycles. The Bertz CT molecular complexity index is 1050. The van der Waals surface area contributed by atoms with Crippen molar-refractivity contribution in [1.29, 1.82) is 0 Å². The van der Waals surface area contributed by atoms with Crippen LogP contribution in [-0.4, -0.2) is 10.9 Å². The minimum absolute atomic E-state index is 0.0946. The number of amides is 1. The highest BCUT2D eigenvalue weighted by Crippen LogP contribution is 2.31. The van der Waals surface area contributed by atoms with Gasteiger partial charge in [0, 0.05) is 30.1 Å². The Labute approximate surface area is 171 Å². The maximum Gasteiger partial charge on any atom is 0.220 e. The summed E-state index contributed by atoms with van der Waals surface area (Å²) in [7, 11) is 0. The molecule has 3 aromatic carbocycles. The number of benzene rings is 3. The summed E-state index contributed by atoms with van der Waals surface area (Å²) in [6, 6.07) is 28.9. The van der Waals surface area contributed by atoms with Gasteiger partial charge in [0.15, 0.2) is 0 Å². The number of nitrogens with one attached hydrogen (secondary N) is 2. The van der Waals surface area contributed by atoms with Gasteiger partial charge in [-0.25, -0.2) is 0 Å². The fraction of sp³-hybridized carbons (Fsp3) is 0.192. The molecule has 4 aromatic rings. The van der Waals surface area contributed by atoms with Crippen LogP contribution in [0.4, 0.5) is 0 Å². The quantitative estimate of drug-likeness (QED) is 0.410. The molecule has 0 unspecified atom stereocenters. The van der Waals surface area contributed by atoms with Gasteiger partial charge in [-0.3, -0.25) is 4.79 Å².